The van der Waals surface area contributed by atoms with Gasteiger partial charge in [0, 0.05) is 18.7 Å². The molecule has 2 rings (SSSR count). The number of aliphatic imine (C=N–C) groups is 1. The molecule has 1 aromatic rings. The zero-order valence-corrected chi connectivity index (χ0v) is 16.8. The normalized spacial score (nSPS) is 15.3. The highest BCUT2D eigenvalue weighted by Crippen LogP contribution is 2.21. The first kappa shape index (κ1) is 20.6. The second-order valence-corrected chi connectivity index (χ2v) is 6.92. The van der Waals surface area contributed by atoms with Gasteiger partial charge in [0.05, 0.1) is 13.2 Å². The highest BCUT2D eigenvalue weighted by Gasteiger charge is 2.10. The van der Waals surface area contributed by atoms with Gasteiger partial charge in [-0.3, -0.25) is 0 Å². The van der Waals surface area contributed by atoms with Crippen molar-refractivity contribution in [1.82, 2.24) is 15.5 Å². The molecule has 1 aliphatic rings. The van der Waals surface area contributed by atoms with Crippen LogP contribution in [0.25, 0.3) is 0 Å². The summed E-state index contributed by atoms with van der Waals surface area (Å²) >= 11 is 0. The second kappa shape index (κ2) is 11.8. The van der Waals surface area contributed by atoms with Gasteiger partial charge in [0.2, 0.25) is 0 Å². The Kier molecular flexibility index (Phi) is 9.32. The molecule has 1 heterocycles. The van der Waals surface area contributed by atoms with Crippen LogP contribution in [0.15, 0.2) is 23.2 Å². The zero-order chi connectivity index (χ0) is 18.6. The Morgan fingerprint density at radius 3 is 2.69 bits per heavy atom. The number of hydrogen-bond donors (Lipinski definition) is 2. The van der Waals surface area contributed by atoms with Crippen LogP contribution < -0.4 is 15.4 Å². The van der Waals surface area contributed by atoms with Crippen molar-refractivity contribution in [3.63, 3.8) is 0 Å². The summed E-state index contributed by atoms with van der Waals surface area (Å²) in [6.07, 6.45) is 5.17. The van der Waals surface area contributed by atoms with Gasteiger partial charge in [0.25, 0.3) is 0 Å². The fraction of sp³-hybridized carbons (Fsp3) is 0.667. The van der Waals surface area contributed by atoms with E-state index in [4.69, 9.17) is 9.73 Å². The van der Waals surface area contributed by atoms with Gasteiger partial charge < -0.3 is 20.3 Å². The molecule has 0 aliphatic carbocycles. The Morgan fingerprint density at radius 1 is 1.15 bits per heavy atom. The molecule has 146 valence electrons. The summed E-state index contributed by atoms with van der Waals surface area (Å²) in [5, 5.41) is 6.79. The van der Waals surface area contributed by atoms with Gasteiger partial charge in [0.1, 0.15) is 5.75 Å². The van der Waals surface area contributed by atoms with E-state index < -0.39 is 0 Å². The van der Waals surface area contributed by atoms with E-state index in [9.17, 15) is 0 Å². The van der Waals surface area contributed by atoms with E-state index >= 15 is 0 Å². The summed E-state index contributed by atoms with van der Waals surface area (Å²) in [4.78, 5) is 7.31. The molecule has 1 aromatic carbocycles. The third kappa shape index (κ3) is 7.24. The molecule has 0 amide bonds. The molecule has 0 atom stereocenters. The van der Waals surface area contributed by atoms with Gasteiger partial charge in [0.15, 0.2) is 5.96 Å². The molecule has 26 heavy (non-hydrogen) atoms. The SMILES string of the molecule is CCNC(=NCc1ccc(C)cc1OCC)NCCCCN1CCCC1. The fourth-order valence-electron chi connectivity index (χ4n) is 3.26. The number of hydrogen-bond acceptors (Lipinski definition) is 3. The molecule has 1 saturated heterocycles. The van der Waals surface area contributed by atoms with Crippen LogP contribution in [0.4, 0.5) is 0 Å². The Balaban J connectivity index is 1.80. The first-order valence-electron chi connectivity index (χ1n) is 10.2. The van der Waals surface area contributed by atoms with E-state index in [1.807, 2.05) is 6.92 Å². The maximum absolute atomic E-state index is 5.76. The summed E-state index contributed by atoms with van der Waals surface area (Å²) in [5.74, 6) is 1.83. The Morgan fingerprint density at radius 2 is 1.96 bits per heavy atom. The van der Waals surface area contributed by atoms with Crippen LogP contribution in [0.5, 0.6) is 5.75 Å². The van der Waals surface area contributed by atoms with Gasteiger partial charge in [-0.2, -0.15) is 0 Å². The van der Waals surface area contributed by atoms with Crippen molar-refractivity contribution in [2.75, 3.05) is 39.3 Å². The maximum atomic E-state index is 5.76. The van der Waals surface area contributed by atoms with Crippen LogP contribution >= 0.6 is 0 Å². The Labute approximate surface area is 159 Å². The lowest BCUT2D eigenvalue weighted by Crippen LogP contribution is -2.38. The molecule has 5 heteroatoms. The molecule has 2 N–H and O–H groups in total. The van der Waals surface area contributed by atoms with E-state index in [2.05, 4.69) is 47.6 Å². The lowest BCUT2D eigenvalue weighted by atomic mass is 10.1. The third-order valence-electron chi connectivity index (χ3n) is 4.67. The summed E-state index contributed by atoms with van der Waals surface area (Å²) < 4.78 is 5.76. The molecule has 0 saturated carbocycles. The predicted octanol–water partition coefficient (Wildman–Crippen LogP) is 3.32. The minimum atomic E-state index is 0.624. The smallest absolute Gasteiger partial charge is 0.191 e. The Hall–Kier alpha value is -1.75. The van der Waals surface area contributed by atoms with E-state index in [-0.39, 0.29) is 0 Å². The average molecular weight is 361 g/mol. The second-order valence-electron chi connectivity index (χ2n) is 6.92. The van der Waals surface area contributed by atoms with E-state index in [0.717, 1.165) is 30.4 Å². The lowest BCUT2D eigenvalue weighted by molar-refractivity contribution is 0.330. The molecule has 0 radical (unpaired) electrons. The van der Waals surface area contributed by atoms with Crippen molar-refractivity contribution in [3.05, 3.63) is 29.3 Å². The number of rotatable bonds is 10. The van der Waals surface area contributed by atoms with Gasteiger partial charge in [-0.05, 0) is 77.7 Å². The monoisotopic (exact) mass is 360 g/mol. The van der Waals surface area contributed by atoms with E-state index in [1.54, 1.807) is 0 Å². The number of nitrogens with one attached hydrogen (secondary N) is 2. The molecule has 0 spiro atoms. The molecular formula is C21H36N4O. The van der Waals surface area contributed by atoms with Crippen LogP contribution in [-0.2, 0) is 6.54 Å². The van der Waals surface area contributed by atoms with Crippen LogP contribution in [-0.4, -0.2) is 50.2 Å². The number of likely N-dealkylation sites (tertiary alicyclic amines) is 1. The van der Waals surface area contributed by atoms with Crippen molar-refractivity contribution in [3.8, 4) is 5.75 Å². The molecule has 1 aliphatic heterocycles. The van der Waals surface area contributed by atoms with Crippen molar-refractivity contribution in [2.45, 2.75) is 53.0 Å². The van der Waals surface area contributed by atoms with Crippen LogP contribution in [0, 0.1) is 6.92 Å². The molecule has 0 unspecified atom stereocenters. The minimum Gasteiger partial charge on any atom is -0.494 e. The first-order valence-corrected chi connectivity index (χ1v) is 10.2. The van der Waals surface area contributed by atoms with Gasteiger partial charge in [-0.1, -0.05) is 12.1 Å². The number of unbranched alkanes of at least 4 members (excludes halogenated alkanes) is 1. The van der Waals surface area contributed by atoms with Crippen molar-refractivity contribution in [2.24, 2.45) is 4.99 Å². The number of nitrogens with zero attached hydrogens (tertiary/aromatic N) is 2. The van der Waals surface area contributed by atoms with E-state index in [1.165, 1.54) is 50.9 Å². The van der Waals surface area contributed by atoms with Gasteiger partial charge in [-0.15, -0.1) is 0 Å². The number of benzene rings is 1. The summed E-state index contributed by atoms with van der Waals surface area (Å²) in [7, 11) is 0. The highest BCUT2D eigenvalue weighted by atomic mass is 16.5. The van der Waals surface area contributed by atoms with Crippen LogP contribution in [0.3, 0.4) is 0 Å². The van der Waals surface area contributed by atoms with Crippen LogP contribution in [0.2, 0.25) is 0 Å². The summed E-state index contributed by atoms with van der Waals surface area (Å²) in [6.45, 7) is 13.1. The quantitative estimate of drug-likeness (QED) is 0.382. The van der Waals surface area contributed by atoms with Crippen LogP contribution in [0.1, 0.15) is 50.7 Å². The third-order valence-corrected chi connectivity index (χ3v) is 4.67. The summed E-state index contributed by atoms with van der Waals surface area (Å²) in [5.41, 5.74) is 2.34. The lowest BCUT2D eigenvalue weighted by Gasteiger charge is -2.15. The topological polar surface area (TPSA) is 48.9 Å². The molecule has 1 fully saturated rings. The number of guanidine groups is 1. The van der Waals surface area contributed by atoms with Crippen molar-refractivity contribution < 1.29 is 4.74 Å². The van der Waals surface area contributed by atoms with Gasteiger partial charge in [-0.25, -0.2) is 4.99 Å². The predicted molar refractivity (Wildman–Crippen MR) is 110 cm³/mol. The average Bonchev–Trinajstić information content (AvgIpc) is 3.14. The zero-order valence-electron chi connectivity index (χ0n) is 16.8. The maximum Gasteiger partial charge on any atom is 0.191 e. The minimum absolute atomic E-state index is 0.624. The standard InChI is InChI=1S/C21H36N4O/c1-4-22-21(23-12-6-7-13-25-14-8-9-15-25)24-17-19-11-10-18(3)16-20(19)26-5-2/h10-11,16H,4-9,12-15,17H2,1-3H3,(H2,22,23,24). The van der Waals surface area contributed by atoms with Crippen molar-refractivity contribution in [1.29, 1.82) is 0 Å². The number of aryl methyl sites for hydroxylation is 1. The first-order chi connectivity index (χ1) is 12.7. The van der Waals surface area contributed by atoms with Gasteiger partial charge >= 0.3 is 0 Å². The molecule has 5 nitrogen and oxygen atoms in total. The largest absolute Gasteiger partial charge is 0.494 e. The number of ether oxygens (including phenoxy) is 1. The van der Waals surface area contributed by atoms with Crippen molar-refractivity contribution >= 4 is 5.96 Å². The summed E-state index contributed by atoms with van der Waals surface area (Å²) in [6, 6.07) is 6.32. The van der Waals surface area contributed by atoms with E-state index in [0.29, 0.717) is 13.2 Å². The molecule has 0 aromatic heterocycles. The molecule has 0 bridgehead atoms. The fourth-order valence-corrected chi connectivity index (χ4v) is 3.26. The molecular weight excluding hydrogens is 324 g/mol. The highest BCUT2D eigenvalue weighted by molar-refractivity contribution is 5.79. The Bertz CT molecular complexity index is 553.